The van der Waals surface area contributed by atoms with Crippen molar-refractivity contribution in [2.45, 2.75) is 19.3 Å². The van der Waals surface area contributed by atoms with Crippen LogP contribution in [-0.4, -0.2) is 24.5 Å². The van der Waals surface area contributed by atoms with Gasteiger partial charge in [0.15, 0.2) is 5.82 Å². The number of rotatable bonds is 2. The van der Waals surface area contributed by atoms with Crippen LogP contribution in [0.15, 0.2) is 55.1 Å². The van der Waals surface area contributed by atoms with Crippen LogP contribution in [0, 0.1) is 0 Å². The summed E-state index contributed by atoms with van der Waals surface area (Å²) in [5.74, 6) is 1.67. The Balaban J connectivity index is 1.78. The summed E-state index contributed by atoms with van der Waals surface area (Å²) in [6.45, 7) is 0. The van der Waals surface area contributed by atoms with Gasteiger partial charge in [-0.05, 0) is 43.5 Å². The minimum absolute atomic E-state index is 0.696. The van der Waals surface area contributed by atoms with E-state index in [0.29, 0.717) is 5.82 Å². The van der Waals surface area contributed by atoms with Gasteiger partial charge in [0.1, 0.15) is 11.5 Å². The van der Waals surface area contributed by atoms with E-state index in [1.807, 2.05) is 36.7 Å². The quantitative estimate of drug-likeness (QED) is 0.569. The van der Waals surface area contributed by atoms with E-state index in [-0.39, 0.29) is 0 Å². The number of fused-ring (bicyclic) bond motifs is 2. The van der Waals surface area contributed by atoms with Crippen molar-refractivity contribution < 1.29 is 0 Å². The number of hydrogen-bond donors (Lipinski definition) is 0. The Morgan fingerprint density at radius 2 is 1.96 bits per heavy atom. The predicted molar refractivity (Wildman–Crippen MR) is 91.9 cm³/mol. The molecule has 0 amide bonds. The van der Waals surface area contributed by atoms with E-state index >= 15 is 0 Å². The highest BCUT2D eigenvalue weighted by atomic mass is 15.1. The molecule has 5 nitrogen and oxygen atoms in total. The van der Waals surface area contributed by atoms with Crippen molar-refractivity contribution in [2.24, 2.45) is 0 Å². The number of pyridine rings is 2. The summed E-state index contributed by atoms with van der Waals surface area (Å²) in [6.07, 6.45) is 10.7. The topological polar surface area (TPSA) is 56.5 Å². The molecule has 0 saturated heterocycles. The molecule has 0 unspecified atom stereocenters. The lowest BCUT2D eigenvalue weighted by Crippen LogP contribution is -2.06. The van der Waals surface area contributed by atoms with E-state index in [2.05, 4.69) is 26.8 Å². The fraction of sp³-hybridized carbons (Fsp3) is 0.158. The summed E-state index contributed by atoms with van der Waals surface area (Å²) in [7, 11) is 0. The van der Waals surface area contributed by atoms with Crippen molar-refractivity contribution in [3.05, 3.63) is 66.4 Å². The third-order valence-corrected chi connectivity index (χ3v) is 4.52. The van der Waals surface area contributed by atoms with Crippen LogP contribution < -0.4 is 0 Å². The number of nitrogens with zero attached hydrogens (tertiary/aromatic N) is 5. The number of hydrogen-bond acceptors (Lipinski definition) is 4. The number of aromatic nitrogens is 5. The molecule has 24 heavy (non-hydrogen) atoms. The maximum absolute atomic E-state index is 4.88. The highest BCUT2D eigenvalue weighted by molar-refractivity contribution is 5.81. The fourth-order valence-electron chi connectivity index (χ4n) is 3.39. The molecule has 1 aliphatic rings. The minimum Gasteiger partial charge on any atom is -0.301 e. The monoisotopic (exact) mass is 313 g/mol. The Kier molecular flexibility index (Phi) is 2.91. The van der Waals surface area contributed by atoms with Crippen molar-refractivity contribution in [1.29, 1.82) is 0 Å². The zero-order chi connectivity index (χ0) is 15.9. The van der Waals surface area contributed by atoms with Gasteiger partial charge in [0.25, 0.3) is 0 Å². The fourth-order valence-corrected chi connectivity index (χ4v) is 3.39. The van der Waals surface area contributed by atoms with E-state index < -0.39 is 0 Å². The van der Waals surface area contributed by atoms with Gasteiger partial charge in [-0.2, -0.15) is 0 Å². The van der Waals surface area contributed by atoms with E-state index in [9.17, 15) is 0 Å². The van der Waals surface area contributed by atoms with Crippen molar-refractivity contribution in [2.75, 3.05) is 0 Å². The van der Waals surface area contributed by atoms with E-state index in [1.54, 1.807) is 6.20 Å². The molecular formula is C19H15N5. The highest BCUT2D eigenvalue weighted by Crippen LogP contribution is 2.30. The van der Waals surface area contributed by atoms with Gasteiger partial charge in [-0.15, -0.1) is 0 Å². The molecular weight excluding hydrogens is 298 g/mol. The van der Waals surface area contributed by atoms with Gasteiger partial charge in [-0.1, -0.05) is 6.07 Å². The average Bonchev–Trinajstić information content (AvgIpc) is 3.28. The molecule has 4 aromatic rings. The van der Waals surface area contributed by atoms with Crippen LogP contribution in [0.4, 0.5) is 0 Å². The first-order chi connectivity index (χ1) is 11.9. The molecule has 0 aromatic carbocycles. The highest BCUT2D eigenvalue weighted by Gasteiger charge is 2.22. The molecule has 0 radical (unpaired) electrons. The van der Waals surface area contributed by atoms with Crippen LogP contribution in [0.5, 0.6) is 0 Å². The van der Waals surface area contributed by atoms with Crippen LogP contribution >= 0.6 is 0 Å². The second-order valence-electron chi connectivity index (χ2n) is 5.98. The average molecular weight is 313 g/mol. The Morgan fingerprint density at radius 3 is 2.88 bits per heavy atom. The second-order valence-corrected chi connectivity index (χ2v) is 5.98. The summed E-state index contributed by atoms with van der Waals surface area (Å²) in [4.78, 5) is 18.3. The van der Waals surface area contributed by atoms with Gasteiger partial charge in [0.05, 0.1) is 5.52 Å². The summed E-state index contributed by atoms with van der Waals surface area (Å²) in [5, 5.41) is 1.11. The van der Waals surface area contributed by atoms with Gasteiger partial charge >= 0.3 is 0 Å². The first-order valence-electron chi connectivity index (χ1n) is 8.13. The van der Waals surface area contributed by atoms with Crippen molar-refractivity contribution in [1.82, 2.24) is 24.5 Å². The molecule has 0 bridgehead atoms. The van der Waals surface area contributed by atoms with Crippen molar-refractivity contribution in [3.8, 4) is 17.3 Å². The summed E-state index contributed by atoms with van der Waals surface area (Å²) >= 11 is 0. The third-order valence-electron chi connectivity index (χ3n) is 4.52. The molecule has 0 fully saturated rings. The lowest BCUT2D eigenvalue weighted by Gasteiger charge is -2.12. The van der Waals surface area contributed by atoms with Crippen LogP contribution in [0.1, 0.15) is 17.7 Å². The van der Waals surface area contributed by atoms with Crippen LogP contribution in [0.2, 0.25) is 0 Å². The molecule has 0 spiro atoms. The molecule has 4 aromatic heterocycles. The Labute approximate surface area is 139 Å². The van der Waals surface area contributed by atoms with E-state index in [4.69, 9.17) is 9.97 Å². The van der Waals surface area contributed by atoms with E-state index in [0.717, 1.165) is 47.4 Å². The van der Waals surface area contributed by atoms with Gasteiger partial charge in [0, 0.05) is 41.4 Å². The SMILES string of the molecule is c1ccc(-c2nc3c(c(-n4ccc5cnccc54)n2)CCC3)nc1. The molecule has 0 aliphatic heterocycles. The first kappa shape index (κ1) is 13.4. The van der Waals surface area contributed by atoms with Gasteiger partial charge in [-0.3, -0.25) is 9.97 Å². The zero-order valence-corrected chi connectivity index (χ0v) is 13.1. The summed E-state index contributed by atoms with van der Waals surface area (Å²) < 4.78 is 2.15. The normalized spacial score (nSPS) is 13.3. The maximum atomic E-state index is 4.88. The third kappa shape index (κ3) is 2.01. The zero-order valence-electron chi connectivity index (χ0n) is 13.1. The van der Waals surface area contributed by atoms with Crippen LogP contribution in [0.25, 0.3) is 28.2 Å². The second kappa shape index (κ2) is 5.23. The lowest BCUT2D eigenvalue weighted by molar-refractivity contribution is 0.897. The molecule has 1 aliphatic carbocycles. The molecule has 5 heteroatoms. The Bertz CT molecular complexity index is 1040. The van der Waals surface area contributed by atoms with E-state index in [1.165, 1.54) is 5.56 Å². The van der Waals surface area contributed by atoms with Gasteiger partial charge in [-0.25, -0.2) is 9.97 Å². The molecule has 0 atom stereocenters. The smallest absolute Gasteiger partial charge is 0.180 e. The molecule has 5 rings (SSSR count). The molecule has 0 saturated carbocycles. The predicted octanol–water partition coefficient (Wildman–Crippen LogP) is 3.37. The Hall–Kier alpha value is -3.08. The van der Waals surface area contributed by atoms with Crippen molar-refractivity contribution in [3.63, 3.8) is 0 Å². The summed E-state index contributed by atoms with van der Waals surface area (Å²) in [6, 6.07) is 9.93. The Morgan fingerprint density at radius 1 is 0.958 bits per heavy atom. The molecule has 116 valence electrons. The lowest BCUT2D eigenvalue weighted by atomic mass is 10.2. The first-order valence-corrected chi connectivity index (χ1v) is 8.13. The summed E-state index contributed by atoms with van der Waals surface area (Å²) in [5.41, 5.74) is 4.33. The molecule has 0 N–H and O–H groups in total. The van der Waals surface area contributed by atoms with Crippen molar-refractivity contribution >= 4 is 10.9 Å². The van der Waals surface area contributed by atoms with Crippen LogP contribution in [0.3, 0.4) is 0 Å². The van der Waals surface area contributed by atoms with Gasteiger partial charge < -0.3 is 4.57 Å². The minimum atomic E-state index is 0.696. The molecule has 4 heterocycles. The number of aryl methyl sites for hydroxylation is 1. The van der Waals surface area contributed by atoms with Gasteiger partial charge in [0.2, 0.25) is 0 Å². The van der Waals surface area contributed by atoms with Crippen LogP contribution in [-0.2, 0) is 12.8 Å². The largest absolute Gasteiger partial charge is 0.301 e. The standard InChI is InChI=1S/C19H15N5/c1-2-9-21-16(5-1)18-22-15-6-3-4-14(15)19(23-18)24-11-8-13-12-20-10-7-17(13)24/h1-2,5,7-12H,3-4,6H2. The maximum Gasteiger partial charge on any atom is 0.180 e.